The zero-order valence-electron chi connectivity index (χ0n) is 19.0. The van der Waals surface area contributed by atoms with E-state index >= 15 is 0 Å². The molecule has 4 rings (SSSR count). The maximum atomic E-state index is 13.1. The zero-order valence-corrected chi connectivity index (χ0v) is 20.7. The quantitative estimate of drug-likeness (QED) is 0.532. The number of nitrogens with zero attached hydrogens (tertiary/aromatic N) is 3. The molecule has 1 aliphatic heterocycles. The number of aromatic nitrogens is 1. The molecule has 1 N–H and O–H groups in total. The predicted octanol–water partition coefficient (Wildman–Crippen LogP) is 4.49. The first-order valence-electron chi connectivity index (χ1n) is 11.3. The third kappa shape index (κ3) is 5.37. The Morgan fingerprint density at radius 1 is 1.12 bits per heavy atom. The number of thiazole rings is 1. The second kappa shape index (κ2) is 10.2. The topological polar surface area (TPSA) is 82.6 Å². The number of carbonyl (C=O) groups excluding carboxylic acids is 1. The number of amides is 1. The average molecular weight is 487 g/mol. The molecule has 9 heteroatoms. The van der Waals surface area contributed by atoms with Crippen LogP contribution in [0.2, 0.25) is 0 Å². The number of nitrogens with one attached hydrogen (secondary N) is 1. The fourth-order valence-corrected chi connectivity index (χ4v) is 6.58. The Kier molecular flexibility index (Phi) is 7.31. The molecule has 3 aromatic rings. The van der Waals surface area contributed by atoms with Gasteiger partial charge in [-0.25, -0.2) is 13.4 Å². The molecule has 0 bridgehead atoms. The number of rotatable bonds is 7. The van der Waals surface area contributed by atoms with Gasteiger partial charge in [0.1, 0.15) is 5.01 Å². The minimum Gasteiger partial charge on any atom is -0.376 e. The monoisotopic (exact) mass is 486 g/mol. The van der Waals surface area contributed by atoms with E-state index < -0.39 is 10.0 Å². The van der Waals surface area contributed by atoms with E-state index in [9.17, 15) is 13.2 Å². The molecule has 33 heavy (non-hydrogen) atoms. The number of hydrogen-bond donors (Lipinski definition) is 1. The van der Waals surface area contributed by atoms with Crippen LogP contribution >= 0.6 is 11.3 Å². The molecule has 1 saturated heterocycles. The van der Waals surface area contributed by atoms with Crippen LogP contribution in [0.4, 0.5) is 5.69 Å². The highest BCUT2D eigenvalue weighted by Crippen LogP contribution is 2.29. The van der Waals surface area contributed by atoms with Crippen molar-refractivity contribution in [3.8, 4) is 0 Å². The molecule has 1 atom stereocenters. The van der Waals surface area contributed by atoms with Crippen molar-refractivity contribution < 1.29 is 13.2 Å². The van der Waals surface area contributed by atoms with Gasteiger partial charge >= 0.3 is 0 Å². The van der Waals surface area contributed by atoms with Crippen LogP contribution in [0, 0.1) is 0 Å². The lowest BCUT2D eigenvalue weighted by Gasteiger charge is -2.24. The number of anilines is 1. The Morgan fingerprint density at radius 2 is 1.85 bits per heavy atom. The second-order valence-electron chi connectivity index (χ2n) is 8.40. The standard InChI is InChI=1S/C24H30N4O3S2/c1-18(24-26-21-12-5-6-13-22(21)32-24)27(2)23(29)17-25-19-10-9-11-20(16-19)33(30,31)28-14-7-3-4-8-15-28/h5-6,9-13,16,18,25H,3-4,7-8,14-15,17H2,1-2H3. The van der Waals surface area contributed by atoms with Gasteiger partial charge in [-0.05, 0) is 50.1 Å². The van der Waals surface area contributed by atoms with Crippen molar-refractivity contribution in [2.45, 2.75) is 43.5 Å². The van der Waals surface area contributed by atoms with Gasteiger partial charge in [0.25, 0.3) is 0 Å². The summed E-state index contributed by atoms with van der Waals surface area (Å²) in [6.45, 7) is 3.16. The van der Waals surface area contributed by atoms with Crippen LogP contribution in [-0.4, -0.2) is 55.2 Å². The zero-order chi connectivity index (χ0) is 23.4. The molecule has 0 aliphatic carbocycles. The molecule has 2 aromatic carbocycles. The number of benzene rings is 2. The van der Waals surface area contributed by atoms with Gasteiger partial charge < -0.3 is 10.2 Å². The molecule has 7 nitrogen and oxygen atoms in total. The Bertz CT molecular complexity index is 1180. The number of para-hydroxylation sites is 1. The van der Waals surface area contributed by atoms with Crippen molar-refractivity contribution in [2.24, 2.45) is 0 Å². The smallest absolute Gasteiger partial charge is 0.243 e. The normalized spacial score (nSPS) is 16.3. The van der Waals surface area contributed by atoms with Gasteiger partial charge in [-0.3, -0.25) is 4.79 Å². The van der Waals surface area contributed by atoms with Crippen molar-refractivity contribution in [2.75, 3.05) is 32.0 Å². The number of fused-ring (bicyclic) bond motifs is 1. The van der Waals surface area contributed by atoms with Gasteiger partial charge in [-0.2, -0.15) is 4.31 Å². The summed E-state index contributed by atoms with van der Waals surface area (Å²) in [6.07, 6.45) is 3.92. The summed E-state index contributed by atoms with van der Waals surface area (Å²) in [4.78, 5) is 19.4. The summed E-state index contributed by atoms with van der Waals surface area (Å²) in [7, 11) is -1.77. The highest BCUT2D eigenvalue weighted by Gasteiger charge is 2.25. The lowest BCUT2D eigenvalue weighted by Crippen LogP contribution is -2.34. The first kappa shape index (κ1) is 23.7. The van der Waals surface area contributed by atoms with Crippen LogP contribution in [0.1, 0.15) is 43.7 Å². The number of likely N-dealkylation sites (N-methyl/N-ethyl adjacent to an activating group) is 1. The van der Waals surface area contributed by atoms with Gasteiger partial charge in [0, 0.05) is 25.8 Å². The molecule has 1 aromatic heterocycles. The third-order valence-corrected chi connectivity index (χ3v) is 9.22. The van der Waals surface area contributed by atoms with E-state index in [-0.39, 0.29) is 23.4 Å². The Balaban J connectivity index is 1.40. The Labute approximate surface area is 199 Å². The second-order valence-corrected chi connectivity index (χ2v) is 11.4. The molecule has 1 unspecified atom stereocenters. The minimum absolute atomic E-state index is 0.0684. The molecule has 1 amide bonds. The van der Waals surface area contributed by atoms with Crippen molar-refractivity contribution in [1.82, 2.24) is 14.2 Å². The molecule has 0 radical (unpaired) electrons. The minimum atomic E-state index is -3.53. The predicted molar refractivity (Wildman–Crippen MR) is 133 cm³/mol. The molecule has 2 heterocycles. The van der Waals surface area contributed by atoms with Crippen molar-refractivity contribution in [3.05, 3.63) is 53.5 Å². The van der Waals surface area contributed by atoms with E-state index in [4.69, 9.17) is 0 Å². The van der Waals surface area contributed by atoms with E-state index in [2.05, 4.69) is 10.3 Å². The lowest BCUT2D eigenvalue weighted by atomic mass is 10.2. The van der Waals surface area contributed by atoms with E-state index in [1.54, 1.807) is 51.9 Å². The fourth-order valence-electron chi connectivity index (χ4n) is 3.95. The SMILES string of the molecule is CC(c1nc2ccccc2s1)N(C)C(=O)CNc1cccc(S(=O)(=O)N2CCCCCC2)c1. The first-order chi connectivity index (χ1) is 15.9. The van der Waals surface area contributed by atoms with Crippen LogP contribution in [-0.2, 0) is 14.8 Å². The number of carbonyl (C=O) groups is 1. The van der Waals surface area contributed by atoms with E-state index in [1.807, 2.05) is 31.2 Å². The van der Waals surface area contributed by atoms with Crippen LogP contribution < -0.4 is 5.32 Å². The van der Waals surface area contributed by atoms with Crippen molar-refractivity contribution >= 4 is 43.2 Å². The molecular weight excluding hydrogens is 456 g/mol. The first-order valence-corrected chi connectivity index (χ1v) is 13.6. The maximum Gasteiger partial charge on any atom is 0.243 e. The van der Waals surface area contributed by atoms with Crippen LogP contribution in [0.3, 0.4) is 0 Å². The number of hydrogen-bond acceptors (Lipinski definition) is 6. The molecular formula is C24H30N4O3S2. The molecule has 0 spiro atoms. The van der Waals surface area contributed by atoms with Gasteiger partial charge in [0.2, 0.25) is 15.9 Å². The van der Waals surface area contributed by atoms with Gasteiger partial charge in [-0.1, -0.05) is 31.0 Å². The summed E-state index contributed by atoms with van der Waals surface area (Å²) in [5.41, 5.74) is 1.55. The van der Waals surface area contributed by atoms with E-state index in [1.165, 1.54) is 0 Å². The van der Waals surface area contributed by atoms with Crippen LogP contribution in [0.25, 0.3) is 10.2 Å². The largest absolute Gasteiger partial charge is 0.376 e. The average Bonchev–Trinajstić information content (AvgIpc) is 3.06. The highest BCUT2D eigenvalue weighted by atomic mass is 32.2. The molecule has 0 saturated carbocycles. The summed E-state index contributed by atoms with van der Waals surface area (Å²) in [5, 5.41) is 3.98. The van der Waals surface area contributed by atoms with Gasteiger partial charge in [-0.15, -0.1) is 11.3 Å². The van der Waals surface area contributed by atoms with Crippen molar-refractivity contribution in [3.63, 3.8) is 0 Å². The molecule has 1 fully saturated rings. The van der Waals surface area contributed by atoms with Gasteiger partial charge in [0.05, 0.1) is 27.7 Å². The lowest BCUT2D eigenvalue weighted by molar-refractivity contribution is -0.129. The van der Waals surface area contributed by atoms with Crippen LogP contribution in [0.5, 0.6) is 0 Å². The Morgan fingerprint density at radius 3 is 2.58 bits per heavy atom. The Hall–Kier alpha value is -2.49. The van der Waals surface area contributed by atoms with E-state index in [0.717, 1.165) is 40.9 Å². The van der Waals surface area contributed by atoms with Crippen molar-refractivity contribution in [1.29, 1.82) is 0 Å². The van der Waals surface area contributed by atoms with E-state index in [0.29, 0.717) is 18.8 Å². The number of sulfonamides is 1. The fraction of sp³-hybridized carbons (Fsp3) is 0.417. The summed E-state index contributed by atoms with van der Waals surface area (Å²) in [6, 6.07) is 14.5. The van der Waals surface area contributed by atoms with Gasteiger partial charge in [0.15, 0.2) is 0 Å². The summed E-state index contributed by atoms with van der Waals surface area (Å²) in [5.74, 6) is -0.0949. The molecule has 176 valence electrons. The maximum absolute atomic E-state index is 13.1. The highest BCUT2D eigenvalue weighted by molar-refractivity contribution is 7.89. The summed E-state index contributed by atoms with van der Waals surface area (Å²) >= 11 is 1.59. The van der Waals surface area contributed by atoms with Crippen LogP contribution in [0.15, 0.2) is 53.4 Å². The third-order valence-electron chi connectivity index (χ3n) is 6.12. The molecule has 1 aliphatic rings. The summed E-state index contributed by atoms with van der Waals surface area (Å²) < 4.78 is 28.8.